The number of pyridine rings is 5. The molecule has 0 saturated carbocycles. The molecule has 0 amide bonds. The topological polar surface area (TPSA) is 64.5 Å². The van der Waals surface area contributed by atoms with Crippen LogP contribution in [0, 0.1) is 27.7 Å². The van der Waals surface area contributed by atoms with Crippen molar-refractivity contribution in [2.45, 2.75) is 27.7 Å². The lowest BCUT2D eigenvalue weighted by atomic mass is 9.93. The molecule has 5 nitrogen and oxygen atoms in total. The molecule has 8 rings (SSSR count). The number of nitrogens with zero attached hydrogens (tertiary/aromatic N) is 5. The fourth-order valence-electron chi connectivity index (χ4n) is 6.55. The second-order valence-electron chi connectivity index (χ2n) is 12.3. The number of rotatable bonds is 5. The molecular formula is C43H33N5. The minimum Gasteiger partial charge on any atom is -0.255 e. The summed E-state index contributed by atoms with van der Waals surface area (Å²) in [5, 5.41) is 2.26. The Morgan fingerprint density at radius 2 is 0.854 bits per heavy atom. The van der Waals surface area contributed by atoms with Gasteiger partial charge in [-0.3, -0.25) is 9.97 Å². The van der Waals surface area contributed by atoms with Crippen molar-refractivity contribution in [1.82, 2.24) is 24.9 Å². The first kappa shape index (κ1) is 29.3. The largest absolute Gasteiger partial charge is 0.255 e. The highest BCUT2D eigenvalue weighted by atomic mass is 14.8. The second kappa shape index (κ2) is 11.9. The fourth-order valence-corrected chi connectivity index (χ4v) is 6.55. The van der Waals surface area contributed by atoms with E-state index in [9.17, 15) is 0 Å². The number of benzene rings is 3. The summed E-state index contributed by atoms with van der Waals surface area (Å²) < 4.78 is 0. The zero-order valence-electron chi connectivity index (χ0n) is 27.4. The van der Waals surface area contributed by atoms with Gasteiger partial charge < -0.3 is 0 Å². The number of aromatic nitrogens is 5. The van der Waals surface area contributed by atoms with Gasteiger partial charge >= 0.3 is 0 Å². The second-order valence-corrected chi connectivity index (χ2v) is 12.3. The van der Waals surface area contributed by atoms with Gasteiger partial charge in [0.1, 0.15) is 0 Å². The summed E-state index contributed by atoms with van der Waals surface area (Å²) in [7, 11) is 0. The third kappa shape index (κ3) is 5.10. The highest BCUT2D eigenvalue weighted by Gasteiger charge is 2.18. The first-order valence-corrected chi connectivity index (χ1v) is 16.2. The van der Waals surface area contributed by atoms with Gasteiger partial charge in [-0.15, -0.1) is 0 Å². The van der Waals surface area contributed by atoms with Crippen molar-refractivity contribution in [2.24, 2.45) is 0 Å². The predicted molar refractivity (Wildman–Crippen MR) is 197 cm³/mol. The van der Waals surface area contributed by atoms with Crippen molar-refractivity contribution >= 4 is 21.8 Å². The Hall–Kier alpha value is -6.07. The fraction of sp³-hybridized carbons (Fsp3) is 0.0930. The Kier molecular flexibility index (Phi) is 7.30. The Balaban J connectivity index is 1.32. The number of aryl methyl sites for hydroxylation is 2. The van der Waals surface area contributed by atoms with Crippen LogP contribution in [0.25, 0.3) is 78.2 Å². The number of hydrogen-bond acceptors (Lipinski definition) is 5. The monoisotopic (exact) mass is 619 g/mol. The van der Waals surface area contributed by atoms with Gasteiger partial charge in [-0.25, -0.2) is 15.0 Å². The van der Waals surface area contributed by atoms with Gasteiger partial charge in [0.2, 0.25) is 0 Å². The maximum atomic E-state index is 5.41. The summed E-state index contributed by atoms with van der Waals surface area (Å²) in [6.07, 6.45) is 3.59. The average molecular weight is 620 g/mol. The zero-order valence-corrected chi connectivity index (χ0v) is 27.4. The third-order valence-corrected chi connectivity index (χ3v) is 9.44. The van der Waals surface area contributed by atoms with Gasteiger partial charge in [-0.2, -0.15) is 0 Å². The molecule has 5 heteroatoms. The maximum Gasteiger partial charge on any atom is 0.0975 e. The highest BCUT2D eigenvalue weighted by molar-refractivity contribution is 6.07. The predicted octanol–water partition coefficient (Wildman–Crippen LogP) is 10.5. The molecule has 0 aliphatic heterocycles. The quantitative estimate of drug-likeness (QED) is 0.179. The van der Waals surface area contributed by atoms with E-state index >= 15 is 0 Å². The molecule has 0 N–H and O–H groups in total. The van der Waals surface area contributed by atoms with E-state index in [0.717, 1.165) is 83.8 Å². The minimum atomic E-state index is 0.799. The highest BCUT2D eigenvalue weighted by Crippen LogP contribution is 2.37. The van der Waals surface area contributed by atoms with Crippen LogP contribution in [0.1, 0.15) is 22.3 Å². The summed E-state index contributed by atoms with van der Waals surface area (Å²) in [6.45, 7) is 8.72. The van der Waals surface area contributed by atoms with Crippen LogP contribution in [-0.4, -0.2) is 24.9 Å². The van der Waals surface area contributed by atoms with Crippen LogP contribution >= 0.6 is 0 Å². The molecule has 0 radical (unpaired) electrons. The summed E-state index contributed by atoms with van der Waals surface area (Å²) in [5.41, 5.74) is 16.1. The molecule has 5 aromatic heterocycles. The molecule has 0 unspecified atom stereocenters. The van der Waals surface area contributed by atoms with Gasteiger partial charge in [0, 0.05) is 34.3 Å². The lowest BCUT2D eigenvalue weighted by Crippen LogP contribution is -2.00. The molecule has 48 heavy (non-hydrogen) atoms. The Labute approximate surface area is 280 Å². The number of fused-ring (bicyclic) bond motifs is 3. The molecule has 230 valence electrons. The molecule has 0 spiro atoms. The van der Waals surface area contributed by atoms with Crippen molar-refractivity contribution in [3.05, 3.63) is 150 Å². The molecule has 3 aromatic carbocycles. The Morgan fingerprint density at radius 3 is 1.40 bits per heavy atom. The first-order valence-electron chi connectivity index (χ1n) is 16.2. The maximum absolute atomic E-state index is 5.41. The lowest BCUT2D eigenvalue weighted by Gasteiger charge is -2.17. The Morgan fingerprint density at radius 1 is 0.354 bits per heavy atom. The van der Waals surface area contributed by atoms with Crippen LogP contribution in [0.2, 0.25) is 0 Å². The minimum absolute atomic E-state index is 0.799. The molecular weight excluding hydrogens is 587 g/mol. The molecule has 0 atom stereocenters. The van der Waals surface area contributed by atoms with Crippen LogP contribution in [0.3, 0.4) is 0 Å². The van der Waals surface area contributed by atoms with Crippen LogP contribution in [0.5, 0.6) is 0 Å². The third-order valence-electron chi connectivity index (χ3n) is 9.44. The molecule has 0 bridgehead atoms. The molecule has 0 aliphatic carbocycles. The number of hydrogen-bond donors (Lipinski definition) is 0. The van der Waals surface area contributed by atoms with E-state index in [4.69, 9.17) is 15.0 Å². The van der Waals surface area contributed by atoms with Gasteiger partial charge in [0.15, 0.2) is 0 Å². The summed E-state index contributed by atoms with van der Waals surface area (Å²) >= 11 is 0. The normalized spacial score (nSPS) is 11.3. The van der Waals surface area contributed by atoms with Gasteiger partial charge in [0.05, 0.1) is 45.2 Å². The molecule has 0 aliphatic rings. The summed E-state index contributed by atoms with van der Waals surface area (Å²) in [6, 6.07) is 39.5. The van der Waals surface area contributed by atoms with E-state index in [2.05, 4.69) is 110 Å². The van der Waals surface area contributed by atoms with E-state index in [-0.39, 0.29) is 0 Å². The van der Waals surface area contributed by atoms with Crippen molar-refractivity contribution in [3.8, 4) is 56.4 Å². The average Bonchev–Trinajstić information content (AvgIpc) is 3.15. The van der Waals surface area contributed by atoms with Crippen molar-refractivity contribution in [3.63, 3.8) is 0 Å². The van der Waals surface area contributed by atoms with E-state index in [1.165, 1.54) is 16.7 Å². The first-order chi connectivity index (χ1) is 23.5. The van der Waals surface area contributed by atoms with Crippen LogP contribution in [0.15, 0.2) is 128 Å². The van der Waals surface area contributed by atoms with Gasteiger partial charge in [-0.05, 0) is 104 Å². The van der Waals surface area contributed by atoms with E-state index in [0.29, 0.717) is 0 Å². The lowest BCUT2D eigenvalue weighted by molar-refractivity contribution is 1.22. The van der Waals surface area contributed by atoms with Gasteiger partial charge in [0.25, 0.3) is 0 Å². The summed E-state index contributed by atoms with van der Waals surface area (Å²) in [5.74, 6) is 0. The molecule has 5 heterocycles. The van der Waals surface area contributed by atoms with E-state index < -0.39 is 0 Å². The van der Waals surface area contributed by atoms with Crippen LogP contribution in [-0.2, 0) is 0 Å². The van der Waals surface area contributed by atoms with Gasteiger partial charge in [-0.1, -0.05) is 72.8 Å². The van der Waals surface area contributed by atoms with E-state index in [1.807, 2.05) is 42.5 Å². The summed E-state index contributed by atoms with van der Waals surface area (Å²) in [4.78, 5) is 24.9. The smallest absolute Gasteiger partial charge is 0.0975 e. The van der Waals surface area contributed by atoms with Crippen LogP contribution in [0.4, 0.5) is 0 Å². The van der Waals surface area contributed by atoms with Crippen molar-refractivity contribution < 1.29 is 0 Å². The molecule has 0 fully saturated rings. The SMILES string of the molecule is Cc1c(-c2ccccc2)nc2c(ccc3c(C)c(C)c(-c4cccc(-c5cc(-c6ccccn6)nc(-c6ccccn6)c5)c4)nc32)c1C. The van der Waals surface area contributed by atoms with Crippen molar-refractivity contribution in [1.29, 1.82) is 0 Å². The zero-order chi connectivity index (χ0) is 32.8. The van der Waals surface area contributed by atoms with Crippen LogP contribution < -0.4 is 0 Å². The standard InChI is InChI=1S/C43H33N5/c1-26-28(3)40(30-13-6-5-7-14-30)47-42-34(26)19-20-35-27(2)29(4)41(48-43(35)42)32-16-12-15-31(23-32)33-24-38(36-17-8-10-21-44-36)46-39(25-33)37-18-9-11-22-45-37/h5-25H,1-4H3. The Bertz CT molecular complexity index is 2420. The van der Waals surface area contributed by atoms with E-state index in [1.54, 1.807) is 12.4 Å². The molecule has 8 aromatic rings. The van der Waals surface area contributed by atoms with Crippen molar-refractivity contribution in [2.75, 3.05) is 0 Å². The molecule has 0 saturated heterocycles.